The van der Waals surface area contributed by atoms with Crippen LogP contribution < -0.4 is 11.1 Å². The zero-order chi connectivity index (χ0) is 14.5. The van der Waals surface area contributed by atoms with E-state index in [2.05, 4.69) is 5.32 Å². The molecule has 0 spiro atoms. The van der Waals surface area contributed by atoms with Crippen molar-refractivity contribution in [1.29, 1.82) is 0 Å². The zero-order valence-corrected chi connectivity index (χ0v) is 11.8. The second-order valence-electron chi connectivity index (χ2n) is 5.23. The van der Waals surface area contributed by atoms with E-state index in [-0.39, 0.29) is 11.8 Å². The number of likely N-dealkylation sites (tertiary alicyclic amines) is 1. The van der Waals surface area contributed by atoms with Gasteiger partial charge in [0, 0.05) is 31.3 Å². The summed E-state index contributed by atoms with van der Waals surface area (Å²) in [6.07, 6.45) is 1.96. The van der Waals surface area contributed by atoms with Crippen LogP contribution in [0.3, 0.4) is 0 Å². The topological polar surface area (TPSA) is 75.4 Å². The van der Waals surface area contributed by atoms with E-state index in [0.29, 0.717) is 23.7 Å². The van der Waals surface area contributed by atoms with E-state index < -0.39 is 0 Å². The van der Waals surface area contributed by atoms with Crippen LogP contribution in [-0.4, -0.2) is 36.3 Å². The Hall–Kier alpha value is -1.88. The van der Waals surface area contributed by atoms with Crippen molar-refractivity contribution in [2.75, 3.05) is 25.0 Å². The first-order valence-corrected chi connectivity index (χ1v) is 6.97. The van der Waals surface area contributed by atoms with Crippen molar-refractivity contribution in [2.45, 2.75) is 19.8 Å². The summed E-state index contributed by atoms with van der Waals surface area (Å²) in [6, 6.07) is 7.01. The van der Waals surface area contributed by atoms with Crippen LogP contribution in [0.25, 0.3) is 0 Å². The third kappa shape index (κ3) is 3.57. The van der Waals surface area contributed by atoms with Gasteiger partial charge in [-0.25, -0.2) is 0 Å². The van der Waals surface area contributed by atoms with E-state index in [0.717, 1.165) is 25.9 Å². The number of benzene rings is 1. The summed E-state index contributed by atoms with van der Waals surface area (Å²) in [5.41, 5.74) is 7.02. The predicted molar refractivity (Wildman–Crippen MR) is 78.4 cm³/mol. The van der Waals surface area contributed by atoms with E-state index >= 15 is 0 Å². The van der Waals surface area contributed by atoms with E-state index in [1.807, 2.05) is 4.90 Å². The standard InChI is InChI=1S/C15H21N3O2/c1-11(19)17-14-4-2-13(3-5-14)15(20)18-8-6-12(10-16)7-9-18/h2-5,12H,6-10,16H2,1H3,(H,17,19). The molecular formula is C15H21N3O2. The van der Waals surface area contributed by atoms with Gasteiger partial charge >= 0.3 is 0 Å². The van der Waals surface area contributed by atoms with Gasteiger partial charge in [0.25, 0.3) is 5.91 Å². The van der Waals surface area contributed by atoms with E-state index in [1.165, 1.54) is 6.92 Å². The summed E-state index contributed by atoms with van der Waals surface area (Å²) in [5, 5.41) is 2.69. The van der Waals surface area contributed by atoms with Crippen molar-refractivity contribution in [2.24, 2.45) is 11.7 Å². The van der Waals surface area contributed by atoms with Gasteiger partial charge in [0.2, 0.25) is 5.91 Å². The Labute approximate surface area is 119 Å². The van der Waals surface area contributed by atoms with Crippen LogP contribution in [0, 0.1) is 5.92 Å². The van der Waals surface area contributed by atoms with E-state index in [1.54, 1.807) is 24.3 Å². The molecule has 1 aliphatic heterocycles. The molecule has 1 aromatic carbocycles. The molecule has 0 radical (unpaired) electrons. The highest BCUT2D eigenvalue weighted by molar-refractivity contribution is 5.95. The molecular weight excluding hydrogens is 254 g/mol. The van der Waals surface area contributed by atoms with Crippen molar-refractivity contribution in [1.82, 2.24) is 4.90 Å². The predicted octanol–water partition coefficient (Wildman–Crippen LogP) is 1.46. The summed E-state index contributed by atoms with van der Waals surface area (Å²) in [4.78, 5) is 25.2. The molecule has 2 amide bonds. The van der Waals surface area contributed by atoms with Crippen molar-refractivity contribution < 1.29 is 9.59 Å². The van der Waals surface area contributed by atoms with Crippen molar-refractivity contribution in [3.63, 3.8) is 0 Å². The van der Waals surface area contributed by atoms with Gasteiger partial charge in [-0.05, 0) is 49.6 Å². The maximum absolute atomic E-state index is 12.3. The Morgan fingerprint density at radius 1 is 1.25 bits per heavy atom. The lowest BCUT2D eigenvalue weighted by atomic mass is 9.96. The molecule has 0 aliphatic carbocycles. The number of nitrogens with two attached hydrogens (primary N) is 1. The lowest BCUT2D eigenvalue weighted by Gasteiger charge is -2.31. The Kier molecular flexibility index (Phi) is 4.74. The molecule has 5 heteroatoms. The van der Waals surface area contributed by atoms with Gasteiger partial charge in [0.1, 0.15) is 0 Å². The number of amides is 2. The number of rotatable bonds is 3. The molecule has 0 aromatic heterocycles. The van der Waals surface area contributed by atoms with Crippen molar-refractivity contribution >= 4 is 17.5 Å². The summed E-state index contributed by atoms with van der Waals surface area (Å²) in [6.45, 7) is 3.70. The fraction of sp³-hybridized carbons (Fsp3) is 0.467. The molecule has 1 heterocycles. The number of carbonyl (C=O) groups excluding carboxylic acids is 2. The minimum absolute atomic E-state index is 0.0508. The molecule has 0 unspecified atom stereocenters. The molecule has 2 rings (SSSR count). The highest BCUT2D eigenvalue weighted by Gasteiger charge is 2.22. The molecule has 3 N–H and O–H groups in total. The van der Waals surface area contributed by atoms with Gasteiger partial charge in [0.05, 0.1) is 0 Å². The Balaban J connectivity index is 1.97. The smallest absolute Gasteiger partial charge is 0.253 e. The number of carbonyl (C=O) groups is 2. The molecule has 5 nitrogen and oxygen atoms in total. The molecule has 0 atom stereocenters. The van der Waals surface area contributed by atoms with Gasteiger partial charge in [-0.15, -0.1) is 0 Å². The van der Waals surface area contributed by atoms with Crippen LogP contribution in [0.5, 0.6) is 0 Å². The first kappa shape index (κ1) is 14.5. The van der Waals surface area contributed by atoms with Crippen LogP contribution in [-0.2, 0) is 4.79 Å². The number of hydrogen-bond donors (Lipinski definition) is 2. The molecule has 1 aliphatic rings. The summed E-state index contributed by atoms with van der Waals surface area (Å²) in [5.74, 6) is 0.476. The normalized spacial score (nSPS) is 16.0. The van der Waals surface area contributed by atoms with Crippen molar-refractivity contribution in [3.8, 4) is 0 Å². The molecule has 20 heavy (non-hydrogen) atoms. The van der Waals surface area contributed by atoms with Gasteiger partial charge in [0.15, 0.2) is 0 Å². The fourth-order valence-electron chi connectivity index (χ4n) is 2.45. The van der Waals surface area contributed by atoms with Gasteiger partial charge in [-0.2, -0.15) is 0 Å². The monoisotopic (exact) mass is 275 g/mol. The Morgan fingerprint density at radius 3 is 2.35 bits per heavy atom. The highest BCUT2D eigenvalue weighted by Crippen LogP contribution is 2.19. The number of anilines is 1. The van der Waals surface area contributed by atoms with Crippen LogP contribution in [0.1, 0.15) is 30.1 Å². The number of nitrogens with one attached hydrogen (secondary N) is 1. The fourth-order valence-corrected chi connectivity index (χ4v) is 2.45. The number of piperidine rings is 1. The Bertz CT molecular complexity index is 476. The maximum Gasteiger partial charge on any atom is 0.253 e. The summed E-state index contributed by atoms with van der Waals surface area (Å²) >= 11 is 0. The first-order chi connectivity index (χ1) is 9.60. The van der Waals surface area contributed by atoms with Gasteiger partial charge in [-0.3, -0.25) is 9.59 Å². The van der Waals surface area contributed by atoms with Crippen LogP contribution >= 0.6 is 0 Å². The lowest BCUT2D eigenvalue weighted by Crippen LogP contribution is -2.40. The average Bonchev–Trinajstić information content (AvgIpc) is 2.47. The second kappa shape index (κ2) is 6.52. The second-order valence-corrected chi connectivity index (χ2v) is 5.23. The molecule has 1 saturated heterocycles. The summed E-state index contributed by atoms with van der Waals surface area (Å²) in [7, 11) is 0. The molecule has 0 saturated carbocycles. The lowest BCUT2D eigenvalue weighted by molar-refractivity contribution is -0.114. The van der Waals surface area contributed by atoms with Gasteiger partial charge in [-0.1, -0.05) is 0 Å². The molecule has 1 fully saturated rings. The minimum atomic E-state index is -0.118. The van der Waals surface area contributed by atoms with Gasteiger partial charge < -0.3 is 16.0 Å². The zero-order valence-electron chi connectivity index (χ0n) is 11.8. The highest BCUT2D eigenvalue weighted by atomic mass is 16.2. The minimum Gasteiger partial charge on any atom is -0.339 e. The maximum atomic E-state index is 12.3. The molecule has 1 aromatic rings. The van der Waals surface area contributed by atoms with E-state index in [4.69, 9.17) is 5.73 Å². The average molecular weight is 275 g/mol. The SMILES string of the molecule is CC(=O)Nc1ccc(C(=O)N2CCC(CN)CC2)cc1. The largest absolute Gasteiger partial charge is 0.339 e. The number of hydrogen-bond acceptors (Lipinski definition) is 3. The molecule has 108 valence electrons. The first-order valence-electron chi connectivity index (χ1n) is 6.97. The quantitative estimate of drug-likeness (QED) is 0.876. The van der Waals surface area contributed by atoms with Crippen LogP contribution in [0.15, 0.2) is 24.3 Å². The number of nitrogens with zero attached hydrogens (tertiary/aromatic N) is 1. The van der Waals surface area contributed by atoms with E-state index in [9.17, 15) is 9.59 Å². The van der Waals surface area contributed by atoms with Crippen LogP contribution in [0.2, 0.25) is 0 Å². The summed E-state index contributed by atoms with van der Waals surface area (Å²) < 4.78 is 0. The van der Waals surface area contributed by atoms with Crippen molar-refractivity contribution in [3.05, 3.63) is 29.8 Å². The molecule has 0 bridgehead atoms. The third-order valence-corrected chi connectivity index (χ3v) is 3.69. The van der Waals surface area contributed by atoms with Crippen LogP contribution in [0.4, 0.5) is 5.69 Å². The third-order valence-electron chi connectivity index (χ3n) is 3.69. The Morgan fingerprint density at radius 2 is 1.85 bits per heavy atom.